The third-order valence-corrected chi connectivity index (χ3v) is 5.01. The maximum atomic E-state index is 11.9. The Morgan fingerprint density at radius 1 is 1.32 bits per heavy atom. The van der Waals surface area contributed by atoms with E-state index in [0.29, 0.717) is 16.8 Å². The van der Waals surface area contributed by atoms with Crippen LogP contribution in [0.1, 0.15) is 25.7 Å². The minimum atomic E-state index is -3.20. The van der Waals surface area contributed by atoms with Crippen LogP contribution in [0.2, 0.25) is 0 Å². The van der Waals surface area contributed by atoms with Gasteiger partial charge in [0.1, 0.15) is 0 Å². The number of para-hydroxylation sites is 1. The zero-order valence-corrected chi connectivity index (χ0v) is 12.8. The molecule has 2 rings (SSSR count). The van der Waals surface area contributed by atoms with Crippen LogP contribution < -0.4 is 4.90 Å². The second kappa shape index (κ2) is 6.14. The predicted molar refractivity (Wildman–Crippen MR) is 79.9 cm³/mol. The molecule has 1 fully saturated rings. The van der Waals surface area contributed by atoms with E-state index in [1.165, 1.54) is 12.7 Å². The van der Waals surface area contributed by atoms with E-state index in [1.807, 2.05) is 12.1 Å². The molecular weight excluding hydrogens is 282 g/mol. The molecule has 5 heteroatoms. The van der Waals surface area contributed by atoms with Crippen molar-refractivity contribution in [2.45, 2.75) is 36.6 Å². The van der Waals surface area contributed by atoms with Gasteiger partial charge in [0.15, 0.2) is 9.84 Å². The first-order valence-electron chi connectivity index (χ1n) is 6.65. The number of nitrogens with zero attached hydrogens (tertiary/aromatic N) is 1. The van der Waals surface area contributed by atoms with E-state index < -0.39 is 9.84 Å². The Labute approximate surface area is 120 Å². The van der Waals surface area contributed by atoms with E-state index in [9.17, 15) is 8.42 Å². The van der Waals surface area contributed by atoms with Crippen LogP contribution in [0.15, 0.2) is 29.2 Å². The first-order chi connectivity index (χ1) is 9.04. The number of alkyl halides is 1. The fourth-order valence-electron chi connectivity index (χ4n) is 2.75. The lowest BCUT2D eigenvalue weighted by Gasteiger charge is -2.38. The van der Waals surface area contributed by atoms with Crippen LogP contribution in [0.3, 0.4) is 0 Å². The van der Waals surface area contributed by atoms with Gasteiger partial charge in [0, 0.05) is 24.7 Å². The molecule has 0 aromatic heterocycles. The third-order valence-electron chi connectivity index (χ3n) is 3.64. The van der Waals surface area contributed by atoms with Gasteiger partial charge < -0.3 is 4.90 Å². The van der Waals surface area contributed by atoms with Crippen molar-refractivity contribution in [1.29, 1.82) is 0 Å². The number of benzene rings is 1. The highest BCUT2D eigenvalue weighted by atomic mass is 35.5. The van der Waals surface area contributed by atoms with Crippen LogP contribution in [0.5, 0.6) is 0 Å². The molecule has 0 aliphatic carbocycles. The monoisotopic (exact) mass is 301 g/mol. The van der Waals surface area contributed by atoms with Crippen LogP contribution in [-0.2, 0) is 9.84 Å². The smallest absolute Gasteiger partial charge is 0.177 e. The van der Waals surface area contributed by atoms with Gasteiger partial charge in [0.2, 0.25) is 0 Å². The number of hydrogen-bond donors (Lipinski definition) is 0. The number of hydrogen-bond acceptors (Lipinski definition) is 3. The standard InChI is InChI=1S/C14H20ClNO2S/c1-19(17,18)14-8-3-2-7-13(14)16-11-5-4-6-12(16)9-10-15/h2-3,7-8,12H,4-6,9-11H2,1H3. The summed E-state index contributed by atoms with van der Waals surface area (Å²) in [6.07, 6.45) is 5.56. The Kier molecular flexibility index (Phi) is 4.74. The molecule has 1 unspecified atom stereocenters. The zero-order valence-electron chi connectivity index (χ0n) is 11.2. The Hall–Kier alpha value is -0.740. The molecule has 0 bridgehead atoms. The van der Waals surface area contributed by atoms with Crippen LogP contribution in [0.4, 0.5) is 5.69 Å². The van der Waals surface area contributed by atoms with E-state index in [1.54, 1.807) is 12.1 Å². The summed E-state index contributed by atoms with van der Waals surface area (Å²) < 4.78 is 23.8. The molecule has 0 spiro atoms. The summed E-state index contributed by atoms with van der Waals surface area (Å²) in [5.41, 5.74) is 0.833. The molecule has 0 saturated carbocycles. The topological polar surface area (TPSA) is 37.4 Å². The van der Waals surface area contributed by atoms with Gasteiger partial charge in [-0.1, -0.05) is 12.1 Å². The fraction of sp³-hybridized carbons (Fsp3) is 0.571. The van der Waals surface area contributed by atoms with Crippen molar-refractivity contribution in [2.75, 3.05) is 23.6 Å². The average Bonchev–Trinajstić information content (AvgIpc) is 2.39. The lowest BCUT2D eigenvalue weighted by Crippen LogP contribution is -2.40. The molecule has 19 heavy (non-hydrogen) atoms. The first-order valence-corrected chi connectivity index (χ1v) is 9.08. The zero-order chi connectivity index (χ0) is 13.9. The summed E-state index contributed by atoms with van der Waals surface area (Å²) in [4.78, 5) is 2.65. The van der Waals surface area contributed by atoms with E-state index in [-0.39, 0.29) is 0 Å². The van der Waals surface area contributed by atoms with Gasteiger partial charge in [0.25, 0.3) is 0 Å². The highest BCUT2D eigenvalue weighted by Gasteiger charge is 2.26. The largest absolute Gasteiger partial charge is 0.367 e. The normalized spacial score (nSPS) is 20.5. The molecule has 1 aliphatic rings. The summed E-state index contributed by atoms with van der Waals surface area (Å²) >= 11 is 5.87. The highest BCUT2D eigenvalue weighted by Crippen LogP contribution is 2.31. The van der Waals surface area contributed by atoms with Crippen LogP contribution >= 0.6 is 11.6 Å². The van der Waals surface area contributed by atoms with Crippen molar-refractivity contribution in [2.24, 2.45) is 0 Å². The van der Waals surface area contributed by atoms with E-state index in [2.05, 4.69) is 4.90 Å². The molecule has 1 atom stereocenters. The van der Waals surface area contributed by atoms with Gasteiger partial charge in [-0.05, 0) is 37.8 Å². The number of anilines is 1. The van der Waals surface area contributed by atoms with Crippen LogP contribution in [-0.4, -0.2) is 33.1 Å². The van der Waals surface area contributed by atoms with Gasteiger partial charge in [-0.15, -0.1) is 11.6 Å². The summed E-state index contributed by atoms with van der Waals surface area (Å²) in [5.74, 6) is 0.613. The van der Waals surface area contributed by atoms with Crippen molar-refractivity contribution < 1.29 is 8.42 Å². The second-order valence-electron chi connectivity index (χ2n) is 5.06. The Balaban J connectivity index is 2.39. The lowest BCUT2D eigenvalue weighted by molar-refractivity contribution is 0.449. The van der Waals surface area contributed by atoms with Crippen LogP contribution in [0, 0.1) is 0 Å². The van der Waals surface area contributed by atoms with Crippen molar-refractivity contribution in [1.82, 2.24) is 0 Å². The molecule has 3 nitrogen and oxygen atoms in total. The third kappa shape index (κ3) is 3.42. The molecule has 1 aromatic carbocycles. The number of halogens is 1. The lowest BCUT2D eigenvalue weighted by atomic mass is 9.99. The van der Waals surface area contributed by atoms with Crippen LogP contribution in [0.25, 0.3) is 0 Å². The molecule has 1 aromatic rings. The predicted octanol–water partition coefficient (Wildman–Crippen LogP) is 3.08. The van der Waals surface area contributed by atoms with Gasteiger partial charge >= 0.3 is 0 Å². The number of sulfone groups is 1. The SMILES string of the molecule is CS(=O)(=O)c1ccccc1N1CCCCC1CCCl. The minimum Gasteiger partial charge on any atom is -0.367 e. The Morgan fingerprint density at radius 2 is 2.05 bits per heavy atom. The molecule has 1 heterocycles. The molecule has 0 N–H and O–H groups in total. The second-order valence-corrected chi connectivity index (χ2v) is 7.42. The van der Waals surface area contributed by atoms with Gasteiger partial charge in [-0.25, -0.2) is 8.42 Å². The summed E-state index contributed by atoms with van der Waals surface area (Å²) in [5, 5.41) is 0. The minimum absolute atomic E-state index is 0.356. The van der Waals surface area contributed by atoms with Gasteiger partial charge in [-0.2, -0.15) is 0 Å². The van der Waals surface area contributed by atoms with Gasteiger partial charge in [0.05, 0.1) is 10.6 Å². The number of piperidine rings is 1. The molecule has 0 amide bonds. The number of rotatable bonds is 4. The Morgan fingerprint density at radius 3 is 2.74 bits per heavy atom. The molecule has 106 valence electrons. The first kappa shape index (κ1) is 14.7. The van der Waals surface area contributed by atoms with Gasteiger partial charge in [-0.3, -0.25) is 0 Å². The maximum Gasteiger partial charge on any atom is 0.177 e. The highest BCUT2D eigenvalue weighted by molar-refractivity contribution is 7.90. The Bertz CT molecular complexity index is 528. The van der Waals surface area contributed by atoms with E-state index in [0.717, 1.165) is 31.5 Å². The maximum absolute atomic E-state index is 11.9. The molecule has 0 radical (unpaired) electrons. The fourth-order valence-corrected chi connectivity index (χ4v) is 3.89. The van der Waals surface area contributed by atoms with Crippen molar-refractivity contribution >= 4 is 27.1 Å². The quantitative estimate of drug-likeness (QED) is 0.802. The summed E-state index contributed by atoms with van der Waals surface area (Å²) in [7, 11) is -3.20. The average molecular weight is 302 g/mol. The van der Waals surface area contributed by atoms with E-state index >= 15 is 0 Å². The molecule has 1 saturated heterocycles. The van der Waals surface area contributed by atoms with Crippen molar-refractivity contribution in [3.63, 3.8) is 0 Å². The molecule has 1 aliphatic heterocycles. The summed E-state index contributed by atoms with van der Waals surface area (Å²) in [6, 6.07) is 7.63. The summed E-state index contributed by atoms with van der Waals surface area (Å²) in [6.45, 7) is 0.911. The van der Waals surface area contributed by atoms with Crippen molar-refractivity contribution in [3.05, 3.63) is 24.3 Å². The van der Waals surface area contributed by atoms with Crippen molar-refractivity contribution in [3.8, 4) is 0 Å². The van der Waals surface area contributed by atoms with E-state index in [4.69, 9.17) is 11.6 Å². The molecular formula is C14H20ClNO2S.